The fourth-order valence-corrected chi connectivity index (χ4v) is 1.41. The Labute approximate surface area is 91.3 Å². The van der Waals surface area contributed by atoms with Gasteiger partial charge >= 0.3 is 6.18 Å². The number of halogens is 3. The Morgan fingerprint density at radius 1 is 1.50 bits per heavy atom. The first-order valence-electron chi connectivity index (χ1n) is 5.01. The molecule has 1 aromatic heterocycles. The van der Waals surface area contributed by atoms with E-state index < -0.39 is 18.4 Å². The predicted molar refractivity (Wildman–Crippen MR) is 51.9 cm³/mol. The molecule has 0 amide bonds. The number of imidazole rings is 1. The van der Waals surface area contributed by atoms with E-state index in [2.05, 4.69) is 4.98 Å². The molecule has 0 aromatic carbocycles. The first-order valence-corrected chi connectivity index (χ1v) is 5.01. The lowest BCUT2D eigenvalue weighted by Crippen LogP contribution is -2.18. The van der Waals surface area contributed by atoms with Crippen molar-refractivity contribution in [3.05, 3.63) is 18.2 Å². The Balaban J connectivity index is 2.59. The van der Waals surface area contributed by atoms with Crippen LogP contribution in [0.25, 0.3) is 0 Å². The maximum absolute atomic E-state index is 11.9. The van der Waals surface area contributed by atoms with Gasteiger partial charge in [0.2, 0.25) is 0 Å². The molecule has 0 radical (unpaired) electrons. The molecule has 0 saturated carbocycles. The molecule has 0 N–H and O–H groups in total. The van der Waals surface area contributed by atoms with Crippen molar-refractivity contribution in [1.29, 1.82) is 0 Å². The number of aryl methyl sites for hydroxylation is 1. The van der Waals surface area contributed by atoms with Crippen LogP contribution in [0.15, 0.2) is 12.4 Å². The maximum Gasteiger partial charge on any atom is 0.395 e. The van der Waals surface area contributed by atoms with Crippen molar-refractivity contribution in [2.75, 3.05) is 0 Å². The van der Waals surface area contributed by atoms with Gasteiger partial charge in [0, 0.05) is 18.9 Å². The van der Waals surface area contributed by atoms with Crippen molar-refractivity contribution in [3.63, 3.8) is 0 Å². The fraction of sp³-hybridized carbons (Fsp3) is 0.600. The van der Waals surface area contributed by atoms with Gasteiger partial charge in [-0.15, -0.1) is 0 Å². The van der Waals surface area contributed by atoms with Crippen molar-refractivity contribution in [2.24, 2.45) is 0 Å². The second-order valence-electron chi connectivity index (χ2n) is 3.54. The third-order valence-electron chi connectivity index (χ3n) is 2.02. The molecule has 6 heteroatoms. The SMILES string of the molecule is CCCn1ccnc1CC(=O)CC(F)(F)F. The molecule has 1 heterocycles. The van der Waals surface area contributed by atoms with Crippen LogP contribution in [0.5, 0.6) is 0 Å². The molecule has 90 valence electrons. The Kier molecular flexibility index (Phi) is 4.09. The summed E-state index contributed by atoms with van der Waals surface area (Å²) in [5.74, 6) is -0.452. The normalized spacial score (nSPS) is 11.8. The molecule has 0 aliphatic heterocycles. The molecule has 0 unspecified atom stereocenters. The van der Waals surface area contributed by atoms with E-state index in [0.29, 0.717) is 12.4 Å². The zero-order valence-corrected chi connectivity index (χ0v) is 8.92. The van der Waals surface area contributed by atoms with Gasteiger partial charge in [-0.1, -0.05) is 6.92 Å². The molecular weight excluding hydrogens is 221 g/mol. The summed E-state index contributed by atoms with van der Waals surface area (Å²) in [4.78, 5) is 15.0. The minimum Gasteiger partial charge on any atom is -0.335 e. The lowest BCUT2D eigenvalue weighted by molar-refractivity contribution is -0.151. The minimum absolute atomic E-state index is 0.257. The number of hydrogen-bond donors (Lipinski definition) is 0. The van der Waals surface area contributed by atoms with E-state index in [-0.39, 0.29) is 6.42 Å². The van der Waals surface area contributed by atoms with Crippen LogP contribution in [0.1, 0.15) is 25.6 Å². The van der Waals surface area contributed by atoms with Crippen molar-refractivity contribution in [2.45, 2.75) is 38.9 Å². The van der Waals surface area contributed by atoms with Crippen molar-refractivity contribution in [1.82, 2.24) is 9.55 Å². The fourth-order valence-electron chi connectivity index (χ4n) is 1.41. The second-order valence-corrected chi connectivity index (χ2v) is 3.54. The first-order chi connectivity index (χ1) is 7.42. The Hall–Kier alpha value is -1.33. The van der Waals surface area contributed by atoms with Gasteiger partial charge < -0.3 is 4.57 Å². The van der Waals surface area contributed by atoms with E-state index in [1.54, 1.807) is 10.8 Å². The molecule has 3 nitrogen and oxygen atoms in total. The maximum atomic E-state index is 11.9. The van der Waals surface area contributed by atoms with Crippen LogP contribution in [0, 0.1) is 0 Å². The summed E-state index contributed by atoms with van der Waals surface area (Å²) in [5, 5.41) is 0. The predicted octanol–water partition coefficient (Wildman–Crippen LogP) is 2.36. The molecule has 0 aliphatic carbocycles. The van der Waals surface area contributed by atoms with Gasteiger partial charge in [-0.3, -0.25) is 4.79 Å². The van der Waals surface area contributed by atoms with E-state index in [0.717, 1.165) is 6.42 Å². The summed E-state index contributed by atoms with van der Waals surface area (Å²) in [7, 11) is 0. The Morgan fingerprint density at radius 2 is 2.19 bits per heavy atom. The largest absolute Gasteiger partial charge is 0.395 e. The lowest BCUT2D eigenvalue weighted by Gasteiger charge is -2.07. The third kappa shape index (κ3) is 4.04. The lowest BCUT2D eigenvalue weighted by atomic mass is 10.2. The highest BCUT2D eigenvalue weighted by Gasteiger charge is 2.31. The molecule has 0 fully saturated rings. The number of alkyl halides is 3. The second kappa shape index (κ2) is 5.14. The van der Waals surface area contributed by atoms with Gasteiger partial charge in [0.1, 0.15) is 18.0 Å². The molecule has 0 saturated heterocycles. The summed E-state index contributed by atoms with van der Waals surface area (Å²) >= 11 is 0. The third-order valence-corrected chi connectivity index (χ3v) is 2.02. The van der Waals surface area contributed by atoms with E-state index in [9.17, 15) is 18.0 Å². The average molecular weight is 234 g/mol. The van der Waals surface area contributed by atoms with E-state index in [4.69, 9.17) is 0 Å². The van der Waals surface area contributed by atoms with Crippen LogP contribution in [-0.2, 0) is 17.8 Å². The standard InChI is InChI=1S/C10H13F3N2O/c1-2-4-15-5-3-14-9(15)6-8(16)7-10(11,12)13/h3,5H,2,4,6-7H2,1H3. The van der Waals surface area contributed by atoms with Crippen LogP contribution < -0.4 is 0 Å². The zero-order chi connectivity index (χ0) is 12.2. The zero-order valence-electron chi connectivity index (χ0n) is 8.92. The van der Waals surface area contributed by atoms with E-state index in [1.807, 2.05) is 6.92 Å². The van der Waals surface area contributed by atoms with E-state index >= 15 is 0 Å². The number of carbonyl (C=O) groups is 1. The number of rotatable bonds is 5. The monoisotopic (exact) mass is 234 g/mol. The number of nitrogens with zero attached hydrogens (tertiary/aromatic N) is 2. The summed E-state index contributed by atoms with van der Waals surface area (Å²) in [5.41, 5.74) is 0. The highest BCUT2D eigenvalue weighted by molar-refractivity contribution is 5.80. The summed E-state index contributed by atoms with van der Waals surface area (Å²) in [6, 6.07) is 0. The summed E-state index contributed by atoms with van der Waals surface area (Å²) < 4.78 is 37.5. The average Bonchev–Trinajstić information content (AvgIpc) is 2.50. The smallest absolute Gasteiger partial charge is 0.335 e. The van der Waals surface area contributed by atoms with E-state index in [1.165, 1.54) is 6.20 Å². The summed E-state index contributed by atoms with van der Waals surface area (Å²) in [6.45, 7) is 2.61. The molecule has 16 heavy (non-hydrogen) atoms. The van der Waals surface area contributed by atoms with Crippen LogP contribution in [-0.4, -0.2) is 21.5 Å². The molecule has 0 atom stereocenters. The van der Waals surface area contributed by atoms with Gasteiger partial charge in [0.15, 0.2) is 0 Å². The van der Waals surface area contributed by atoms with Crippen LogP contribution in [0.4, 0.5) is 13.2 Å². The summed E-state index contributed by atoms with van der Waals surface area (Å²) in [6.07, 6.45) is -2.07. The number of Topliss-reactive ketones (excluding diaryl/α,β-unsaturated/α-hetero) is 1. The molecule has 0 spiro atoms. The highest BCUT2D eigenvalue weighted by atomic mass is 19.4. The molecule has 1 rings (SSSR count). The molecule has 1 aromatic rings. The van der Waals surface area contributed by atoms with Crippen molar-refractivity contribution < 1.29 is 18.0 Å². The van der Waals surface area contributed by atoms with Crippen molar-refractivity contribution >= 4 is 5.78 Å². The highest BCUT2D eigenvalue weighted by Crippen LogP contribution is 2.20. The Bertz CT molecular complexity index is 357. The van der Waals surface area contributed by atoms with Gasteiger partial charge in [-0.2, -0.15) is 13.2 Å². The number of ketones is 1. The van der Waals surface area contributed by atoms with Crippen LogP contribution >= 0.6 is 0 Å². The number of aromatic nitrogens is 2. The topological polar surface area (TPSA) is 34.9 Å². The van der Waals surface area contributed by atoms with Gasteiger partial charge in [-0.25, -0.2) is 4.98 Å². The number of hydrogen-bond acceptors (Lipinski definition) is 2. The number of carbonyl (C=O) groups excluding carboxylic acids is 1. The first kappa shape index (κ1) is 12.7. The van der Waals surface area contributed by atoms with Crippen molar-refractivity contribution in [3.8, 4) is 0 Å². The van der Waals surface area contributed by atoms with Gasteiger partial charge in [0.05, 0.1) is 6.42 Å². The van der Waals surface area contributed by atoms with Crippen LogP contribution in [0.3, 0.4) is 0 Å². The van der Waals surface area contributed by atoms with Gasteiger partial charge in [0.25, 0.3) is 0 Å². The van der Waals surface area contributed by atoms with Crippen LogP contribution in [0.2, 0.25) is 0 Å². The Morgan fingerprint density at radius 3 is 2.75 bits per heavy atom. The molecule has 0 bridgehead atoms. The molecule has 0 aliphatic rings. The quantitative estimate of drug-likeness (QED) is 0.783. The molecular formula is C10H13F3N2O. The van der Waals surface area contributed by atoms with Gasteiger partial charge in [-0.05, 0) is 6.42 Å². The minimum atomic E-state index is -4.43.